The number of aryl methyl sites for hydroxylation is 1. The number of rotatable bonds is 8. The lowest BCUT2D eigenvalue weighted by atomic mass is 10.1. The van der Waals surface area contributed by atoms with E-state index in [1.54, 1.807) is 6.08 Å². The SMILES string of the molecule is C=CCOc1cccc2c1cc(C(=O)NCC(C)C)n2Cc1ccccc1C. The Bertz CT molecular complexity index is 985. The van der Waals surface area contributed by atoms with E-state index in [0.29, 0.717) is 31.3 Å². The smallest absolute Gasteiger partial charge is 0.267 e. The highest BCUT2D eigenvalue weighted by Crippen LogP contribution is 2.30. The first-order valence-electron chi connectivity index (χ1n) is 9.70. The van der Waals surface area contributed by atoms with Gasteiger partial charge in [0.25, 0.3) is 5.91 Å². The van der Waals surface area contributed by atoms with Crippen LogP contribution in [0.5, 0.6) is 5.75 Å². The van der Waals surface area contributed by atoms with E-state index in [1.165, 1.54) is 11.1 Å². The van der Waals surface area contributed by atoms with Crippen molar-refractivity contribution >= 4 is 16.8 Å². The first-order valence-corrected chi connectivity index (χ1v) is 9.70. The molecule has 1 N–H and O–H groups in total. The number of nitrogens with one attached hydrogen (secondary N) is 1. The molecule has 0 atom stereocenters. The molecular formula is C24H28N2O2. The molecule has 1 amide bonds. The van der Waals surface area contributed by atoms with Gasteiger partial charge < -0.3 is 14.6 Å². The van der Waals surface area contributed by atoms with E-state index >= 15 is 0 Å². The van der Waals surface area contributed by atoms with Crippen LogP contribution in [-0.2, 0) is 6.54 Å². The van der Waals surface area contributed by atoms with Crippen LogP contribution < -0.4 is 10.1 Å². The maximum atomic E-state index is 13.0. The summed E-state index contributed by atoms with van der Waals surface area (Å²) in [5.41, 5.74) is 4.03. The molecule has 2 aromatic carbocycles. The number of benzene rings is 2. The lowest BCUT2D eigenvalue weighted by Crippen LogP contribution is -2.29. The number of nitrogens with zero attached hydrogens (tertiary/aromatic N) is 1. The van der Waals surface area contributed by atoms with Gasteiger partial charge in [0.2, 0.25) is 0 Å². The first-order chi connectivity index (χ1) is 13.5. The molecule has 1 aromatic heterocycles. The number of fused-ring (bicyclic) bond motifs is 1. The van der Waals surface area contributed by atoms with E-state index in [2.05, 4.69) is 49.4 Å². The van der Waals surface area contributed by atoms with Gasteiger partial charge in [0.1, 0.15) is 18.1 Å². The van der Waals surface area contributed by atoms with Crippen molar-refractivity contribution in [2.75, 3.05) is 13.2 Å². The molecule has 0 saturated heterocycles. The van der Waals surface area contributed by atoms with Gasteiger partial charge in [-0.25, -0.2) is 0 Å². The number of aromatic nitrogens is 1. The van der Waals surface area contributed by atoms with Crippen molar-refractivity contribution in [3.63, 3.8) is 0 Å². The zero-order valence-corrected chi connectivity index (χ0v) is 16.9. The first kappa shape index (κ1) is 19.7. The standard InChI is InChI=1S/C24H28N2O2/c1-5-13-28-23-12-8-11-21-20(23)14-22(24(27)25-15-17(2)3)26(21)16-19-10-7-6-9-18(19)4/h5-12,14,17H,1,13,15-16H2,2-4H3,(H,25,27). The summed E-state index contributed by atoms with van der Waals surface area (Å²) in [5.74, 6) is 1.09. The van der Waals surface area contributed by atoms with Crippen LogP contribution in [0.3, 0.4) is 0 Å². The number of amides is 1. The Kier molecular flexibility index (Phi) is 6.19. The average molecular weight is 377 g/mol. The van der Waals surface area contributed by atoms with Crippen molar-refractivity contribution in [3.05, 3.63) is 78.0 Å². The lowest BCUT2D eigenvalue weighted by Gasteiger charge is -2.14. The fourth-order valence-corrected chi connectivity index (χ4v) is 3.24. The van der Waals surface area contributed by atoms with Gasteiger partial charge in [0.05, 0.1) is 5.52 Å². The summed E-state index contributed by atoms with van der Waals surface area (Å²) in [6.45, 7) is 11.7. The maximum absolute atomic E-state index is 13.0. The summed E-state index contributed by atoms with van der Waals surface area (Å²) in [6.07, 6.45) is 1.72. The summed E-state index contributed by atoms with van der Waals surface area (Å²) in [5, 5.41) is 3.98. The van der Waals surface area contributed by atoms with E-state index < -0.39 is 0 Å². The fourth-order valence-electron chi connectivity index (χ4n) is 3.24. The van der Waals surface area contributed by atoms with Crippen LogP contribution in [0.4, 0.5) is 0 Å². The van der Waals surface area contributed by atoms with E-state index in [4.69, 9.17) is 4.74 Å². The number of ether oxygens (including phenoxy) is 1. The Balaban J connectivity index is 2.09. The molecule has 0 aliphatic carbocycles. The van der Waals surface area contributed by atoms with Crippen molar-refractivity contribution in [2.24, 2.45) is 5.92 Å². The van der Waals surface area contributed by atoms with Crippen LogP contribution in [0.15, 0.2) is 61.2 Å². The number of hydrogen-bond acceptors (Lipinski definition) is 2. The van der Waals surface area contributed by atoms with Crippen LogP contribution in [-0.4, -0.2) is 23.6 Å². The minimum absolute atomic E-state index is 0.0619. The molecule has 0 radical (unpaired) electrons. The molecule has 0 spiro atoms. The highest BCUT2D eigenvalue weighted by atomic mass is 16.5. The topological polar surface area (TPSA) is 43.3 Å². The van der Waals surface area contributed by atoms with Gasteiger partial charge in [-0.1, -0.05) is 56.8 Å². The lowest BCUT2D eigenvalue weighted by molar-refractivity contribution is 0.0940. The molecule has 0 bridgehead atoms. The van der Waals surface area contributed by atoms with E-state index in [0.717, 1.165) is 16.7 Å². The Morgan fingerprint density at radius 2 is 2.00 bits per heavy atom. The predicted molar refractivity (Wildman–Crippen MR) is 115 cm³/mol. The van der Waals surface area contributed by atoms with Gasteiger partial charge in [0.15, 0.2) is 0 Å². The van der Waals surface area contributed by atoms with Crippen LogP contribution >= 0.6 is 0 Å². The molecular weight excluding hydrogens is 348 g/mol. The second-order valence-electron chi connectivity index (χ2n) is 7.43. The zero-order valence-electron chi connectivity index (χ0n) is 16.9. The Morgan fingerprint density at radius 1 is 1.21 bits per heavy atom. The molecule has 0 fully saturated rings. The number of hydrogen-bond donors (Lipinski definition) is 1. The summed E-state index contributed by atoms with van der Waals surface area (Å²) >= 11 is 0. The van der Waals surface area contributed by atoms with Gasteiger partial charge >= 0.3 is 0 Å². The molecule has 0 aliphatic heterocycles. The summed E-state index contributed by atoms with van der Waals surface area (Å²) in [4.78, 5) is 13.0. The van der Waals surface area contributed by atoms with E-state index in [9.17, 15) is 4.79 Å². The summed E-state index contributed by atoms with van der Waals surface area (Å²) in [6, 6.07) is 16.1. The van der Waals surface area contributed by atoms with Crippen LogP contribution in [0, 0.1) is 12.8 Å². The van der Waals surface area contributed by atoms with Crippen molar-refractivity contribution in [1.29, 1.82) is 0 Å². The second-order valence-corrected chi connectivity index (χ2v) is 7.43. The van der Waals surface area contributed by atoms with E-state index in [-0.39, 0.29) is 5.91 Å². The molecule has 0 saturated carbocycles. The maximum Gasteiger partial charge on any atom is 0.267 e. The molecule has 4 nitrogen and oxygen atoms in total. The van der Waals surface area contributed by atoms with Gasteiger partial charge in [0, 0.05) is 18.5 Å². The molecule has 3 aromatic rings. The third-order valence-corrected chi connectivity index (χ3v) is 4.76. The van der Waals surface area contributed by atoms with Gasteiger partial charge in [-0.15, -0.1) is 0 Å². The van der Waals surface area contributed by atoms with Crippen LogP contribution in [0.1, 0.15) is 35.5 Å². The van der Waals surface area contributed by atoms with Crippen molar-refractivity contribution in [2.45, 2.75) is 27.3 Å². The third-order valence-electron chi connectivity index (χ3n) is 4.76. The highest BCUT2D eigenvalue weighted by Gasteiger charge is 2.18. The summed E-state index contributed by atoms with van der Waals surface area (Å²) in [7, 11) is 0. The minimum Gasteiger partial charge on any atom is -0.489 e. The molecule has 0 unspecified atom stereocenters. The van der Waals surface area contributed by atoms with Crippen LogP contribution in [0.25, 0.3) is 10.9 Å². The monoisotopic (exact) mass is 376 g/mol. The van der Waals surface area contributed by atoms with Gasteiger partial charge in [-0.2, -0.15) is 0 Å². The van der Waals surface area contributed by atoms with Crippen molar-refractivity contribution in [1.82, 2.24) is 9.88 Å². The molecule has 3 rings (SSSR count). The predicted octanol–water partition coefficient (Wildman–Crippen LogP) is 4.95. The molecule has 4 heteroatoms. The molecule has 1 heterocycles. The fraction of sp³-hybridized carbons (Fsp3) is 0.292. The van der Waals surface area contributed by atoms with E-state index in [1.807, 2.05) is 36.4 Å². The Morgan fingerprint density at radius 3 is 2.71 bits per heavy atom. The highest BCUT2D eigenvalue weighted by molar-refractivity contribution is 6.00. The number of carbonyl (C=O) groups excluding carboxylic acids is 1. The quantitative estimate of drug-likeness (QED) is 0.565. The Hall–Kier alpha value is -3.01. The third kappa shape index (κ3) is 4.28. The minimum atomic E-state index is -0.0619. The summed E-state index contributed by atoms with van der Waals surface area (Å²) < 4.78 is 7.90. The molecule has 28 heavy (non-hydrogen) atoms. The van der Waals surface area contributed by atoms with Gasteiger partial charge in [-0.3, -0.25) is 4.79 Å². The Labute approximate surface area is 166 Å². The zero-order chi connectivity index (χ0) is 20.1. The second kappa shape index (κ2) is 8.79. The molecule has 0 aliphatic rings. The average Bonchev–Trinajstić information content (AvgIpc) is 3.05. The normalized spacial score (nSPS) is 11.0. The number of carbonyl (C=O) groups is 1. The van der Waals surface area contributed by atoms with Crippen molar-refractivity contribution in [3.8, 4) is 5.75 Å². The molecule has 146 valence electrons. The van der Waals surface area contributed by atoms with Gasteiger partial charge in [-0.05, 0) is 42.2 Å². The van der Waals surface area contributed by atoms with Crippen molar-refractivity contribution < 1.29 is 9.53 Å². The largest absolute Gasteiger partial charge is 0.489 e. The van der Waals surface area contributed by atoms with Crippen LogP contribution in [0.2, 0.25) is 0 Å².